The van der Waals surface area contributed by atoms with Crippen LogP contribution in [0.15, 0.2) is 18.2 Å². The molecule has 0 saturated heterocycles. The summed E-state index contributed by atoms with van der Waals surface area (Å²) in [6.45, 7) is 6.67. The fraction of sp³-hybridized carbons (Fsp3) is 0.438. The van der Waals surface area contributed by atoms with Crippen LogP contribution in [0.25, 0.3) is 0 Å². The maximum absolute atomic E-state index is 11.8. The van der Waals surface area contributed by atoms with Crippen molar-refractivity contribution in [3.8, 4) is 0 Å². The maximum Gasteiger partial charge on any atom is 0.308 e. The minimum Gasteiger partial charge on any atom is -0.455 e. The average Bonchev–Trinajstić information content (AvgIpc) is 2.47. The zero-order valence-corrected chi connectivity index (χ0v) is 13.4. The molecule has 6 heteroatoms. The average molecular weight is 306 g/mol. The lowest BCUT2D eigenvalue weighted by Crippen LogP contribution is -2.36. The minimum atomic E-state index is -0.509. The molecule has 0 aromatic heterocycles. The highest BCUT2D eigenvalue weighted by molar-refractivity contribution is 5.95. The van der Waals surface area contributed by atoms with Gasteiger partial charge >= 0.3 is 5.97 Å². The Hall–Kier alpha value is -2.37. The van der Waals surface area contributed by atoms with Crippen LogP contribution in [0.3, 0.4) is 0 Å². The highest BCUT2D eigenvalue weighted by Gasteiger charge is 2.12. The number of aryl methyl sites for hydroxylation is 1. The van der Waals surface area contributed by atoms with E-state index in [0.29, 0.717) is 5.69 Å². The summed E-state index contributed by atoms with van der Waals surface area (Å²) in [5, 5.41) is 5.13. The summed E-state index contributed by atoms with van der Waals surface area (Å²) >= 11 is 0. The van der Waals surface area contributed by atoms with E-state index in [1.165, 1.54) is 0 Å². The van der Waals surface area contributed by atoms with Gasteiger partial charge in [-0.15, -0.1) is 0 Å². The van der Waals surface area contributed by atoms with E-state index in [0.717, 1.165) is 11.1 Å². The molecular formula is C16H22N2O4. The summed E-state index contributed by atoms with van der Waals surface area (Å²) in [4.78, 5) is 34.5. The highest BCUT2D eigenvalue weighted by Crippen LogP contribution is 2.17. The molecule has 6 nitrogen and oxygen atoms in total. The molecule has 2 amide bonds. The number of amides is 2. The molecule has 0 bridgehead atoms. The third-order valence-electron chi connectivity index (χ3n) is 3.14. The van der Waals surface area contributed by atoms with E-state index < -0.39 is 11.9 Å². The first-order valence-electron chi connectivity index (χ1n) is 7.10. The molecule has 0 aliphatic carbocycles. The number of ether oxygens (including phenoxy) is 1. The maximum atomic E-state index is 11.8. The van der Waals surface area contributed by atoms with Crippen LogP contribution in [0.4, 0.5) is 5.69 Å². The van der Waals surface area contributed by atoms with Crippen LogP contribution in [0.5, 0.6) is 0 Å². The number of rotatable bonds is 6. The standard InChI is InChI=1S/C16H22N2O4/c1-10(2)16(21)22-9-15(20)17-8-14(19)18-13-7-5-6-11(3)12(13)4/h5-7,10H,8-9H2,1-4H3,(H,17,20)(H,18,19). The van der Waals surface area contributed by atoms with E-state index in [1.54, 1.807) is 19.9 Å². The molecular weight excluding hydrogens is 284 g/mol. The molecule has 0 unspecified atom stereocenters. The second-order valence-corrected chi connectivity index (χ2v) is 5.33. The smallest absolute Gasteiger partial charge is 0.308 e. The van der Waals surface area contributed by atoms with Crippen molar-refractivity contribution in [2.45, 2.75) is 27.7 Å². The first-order chi connectivity index (χ1) is 10.3. The Balaban J connectivity index is 2.38. The molecule has 2 N–H and O–H groups in total. The Morgan fingerprint density at radius 2 is 1.82 bits per heavy atom. The SMILES string of the molecule is Cc1cccc(NC(=O)CNC(=O)COC(=O)C(C)C)c1C. The van der Waals surface area contributed by atoms with Crippen LogP contribution in [-0.2, 0) is 19.1 Å². The van der Waals surface area contributed by atoms with Crippen molar-refractivity contribution in [1.82, 2.24) is 5.32 Å². The molecule has 0 saturated carbocycles. The van der Waals surface area contributed by atoms with Gasteiger partial charge in [0.15, 0.2) is 6.61 Å². The monoisotopic (exact) mass is 306 g/mol. The van der Waals surface area contributed by atoms with E-state index in [-0.39, 0.29) is 25.0 Å². The lowest BCUT2D eigenvalue weighted by molar-refractivity contribution is -0.151. The number of esters is 1. The van der Waals surface area contributed by atoms with Gasteiger partial charge in [-0.3, -0.25) is 14.4 Å². The van der Waals surface area contributed by atoms with Gasteiger partial charge in [-0.2, -0.15) is 0 Å². The Morgan fingerprint density at radius 1 is 1.14 bits per heavy atom. The van der Waals surface area contributed by atoms with Gasteiger partial charge in [0.2, 0.25) is 5.91 Å². The molecule has 0 radical (unpaired) electrons. The fourth-order valence-electron chi connectivity index (χ4n) is 1.61. The Morgan fingerprint density at radius 3 is 2.45 bits per heavy atom. The van der Waals surface area contributed by atoms with Crippen LogP contribution in [0, 0.1) is 19.8 Å². The van der Waals surface area contributed by atoms with E-state index in [1.807, 2.05) is 26.0 Å². The number of anilines is 1. The number of carbonyl (C=O) groups excluding carboxylic acids is 3. The predicted octanol–water partition coefficient (Wildman–Crippen LogP) is 1.56. The van der Waals surface area contributed by atoms with Crippen LogP contribution in [0.1, 0.15) is 25.0 Å². The zero-order chi connectivity index (χ0) is 16.7. The Kier molecular flexibility index (Phi) is 6.56. The predicted molar refractivity (Wildman–Crippen MR) is 83.4 cm³/mol. The van der Waals surface area contributed by atoms with Gasteiger partial charge in [-0.25, -0.2) is 0 Å². The molecule has 1 aromatic rings. The van der Waals surface area contributed by atoms with Gasteiger partial charge in [0.05, 0.1) is 12.5 Å². The zero-order valence-electron chi connectivity index (χ0n) is 13.4. The van der Waals surface area contributed by atoms with Gasteiger partial charge in [-0.1, -0.05) is 26.0 Å². The Bertz CT molecular complexity index is 567. The lowest BCUT2D eigenvalue weighted by Gasteiger charge is -2.11. The number of carbonyl (C=O) groups is 3. The lowest BCUT2D eigenvalue weighted by atomic mass is 10.1. The first kappa shape index (κ1) is 17.7. The molecule has 0 atom stereocenters. The molecule has 0 aliphatic rings. The van der Waals surface area contributed by atoms with Gasteiger partial charge in [0.1, 0.15) is 0 Å². The normalized spacial score (nSPS) is 10.2. The number of hydrogen-bond acceptors (Lipinski definition) is 4. The van der Waals surface area contributed by atoms with Gasteiger partial charge in [-0.05, 0) is 31.0 Å². The van der Waals surface area contributed by atoms with Crippen molar-refractivity contribution in [1.29, 1.82) is 0 Å². The highest BCUT2D eigenvalue weighted by atomic mass is 16.5. The van der Waals surface area contributed by atoms with Gasteiger partial charge in [0.25, 0.3) is 5.91 Å². The van der Waals surface area contributed by atoms with Gasteiger partial charge in [0, 0.05) is 5.69 Å². The summed E-state index contributed by atoms with van der Waals surface area (Å²) in [5.41, 5.74) is 2.76. The molecule has 0 heterocycles. The number of hydrogen-bond donors (Lipinski definition) is 2. The molecule has 0 spiro atoms. The molecule has 22 heavy (non-hydrogen) atoms. The largest absolute Gasteiger partial charge is 0.455 e. The second-order valence-electron chi connectivity index (χ2n) is 5.33. The number of nitrogens with one attached hydrogen (secondary N) is 2. The molecule has 0 fully saturated rings. The van der Waals surface area contributed by atoms with Crippen molar-refractivity contribution in [3.63, 3.8) is 0 Å². The van der Waals surface area contributed by atoms with Crippen molar-refractivity contribution in [2.75, 3.05) is 18.5 Å². The van der Waals surface area contributed by atoms with Crippen molar-refractivity contribution >= 4 is 23.5 Å². The summed E-state index contributed by atoms with van der Waals surface area (Å²) in [6, 6.07) is 5.60. The third kappa shape index (κ3) is 5.55. The molecule has 120 valence electrons. The summed E-state index contributed by atoms with van der Waals surface area (Å²) in [5.74, 6) is -1.59. The van der Waals surface area contributed by atoms with Crippen molar-refractivity contribution in [3.05, 3.63) is 29.3 Å². The van der Waals surface area contributed by atoms with Crippen molar-refractivity contribution in [2.24, 2.45) is 5.92 Å². The third-order valence-corrected chi connectivity index (χ3v) is 3.14. The van der Waals surface area contributed by atoms with E-state index in [4.69, 9.17) is 4.74 Å². The van der Waals surface area contributed by atoms with E-state index in [2.05, 4.69) is 10.6 Å². The second kappa shape index (κ2) is 8.17. The number of benzene rings is 1. The Labute approximate surface area is 130 Å². The first-order valence-corrected chi connectivity index (χ1v) is 7.10. The molecule has 0 aliphatic heterocycles. The summed E-state index contributed by atoms with van der Waals surface area (Å²) < 4.78 is 4.77. The summed E-state index contributed by atoms with van der Waals surface area (Å²) in [6.07, 6.45) is 0. The minimum absolute atomic E-state index is 0.175. The fourth-order valence-corrected chi connectivity index (χ4v) is 1.61. The van der Waals surface area contributed by atoms with Crippen LogP contribution in [-0.4, -0.2) is 30.9 Å². The molecule has 1 aromatic carbocycles. The van der Waals surface area contributed by atoms with Gasteiger partial charge < -0.3 is 15.4 Å². The van der Waals surface area contributed by atoms with E-state index >= 15 is 0 Å². The summed E-state index contributed by atoms with van der Waals surface area (Å²) in [7, 11) is 0. The van der Waals surface area contributed by atoms with E-state index in [9.17, 15) is 14.4 Å². The topological polar surface area (TPSA) is 84.5 Å². The molecule has 1 rings (SSSR count). The van der Waals surface area contributed by atoms with Crippen LogP contribution < -0.4 is 10.6 Å². The van der Waals surface area contributed by atoms with Crippen molar-refractivity contribution < 1.29 is 19.1 Å². The van der Waals surface area contributed by atoms with Crippen LogP contribution in [0.2, 0.25) is 0 Å². The quantitative estimate of drug-likeness (QED) is 0.781. The van der Waals surface area contributed by atoms with Crippen LogP contribution >= 0.6 is 0 Å².